The van der Waals surface area contributed by atoms with Gasteiger partial charge in [0.15, 0.2) is 8.11 Å². The molecule has 0 spiro atoms. The van der Waals surface area contributed by atoms with Crippen LogP contribution >= 0.6 is 11.1 Å². The maximum atomic E-state index is 6.30. The molecule has 1 atom stereocenters. The maximum Gasteiger partial charge on any atom is 0.194 e. The molecule has 0 saturated heterocycles. The lowest BCUT2D eigenvalue weighted by atomic mass is 10.2. The monoisotopic (exact) mass is 210 g/mol. The molecule has 0 aliphatic carbocycles. The molecule has 0 bridgehead atoms. The van der Waals surface area contributed by atoms with E-state index in [1.165, 1.54) is 5.19 Å². The molecule has 0 N–H and O–H groups in total. The van der Waals surface area contributed by atoms with Gasteiger partial charge in [-0.25, -0.2) is 0 Å². The minimum absolute atomic E-state index is 0.595. The summed E-state index contributed by atoms with van der Waals surface area (Å²) in [4.78, 5) is 0. The van der Waals surface area contributed by atoms with Gasteiger partial charge in [0.25, 0.3) is 0 Å². The van der Waals surface area contributed by atoms with Gasteiger partial charge in [0.1, 0.15) is 0 Å². The Morgan fingerprint density at radius 2 is 1.85 bits per heavy atom. The smallest absolute Gasteiger partial charge is 0.160 e. The van der Waals surface area contributed by atoms with Crippen LogP contribution in [0.5, 0.6) is 0 Å². The van der Waals surface area contributed by atoms with Crippen molar-refractivity contribution in [2.24, 2.45) is 5.92 Å². The van der Waals surface area contributed by atoms with E-state index in [4.69, 9.17) is 11.1 Å². The molecule has 0 saturated carbocycles. The number of rotatable bonds is 3. The van der Waals surface area contributed by atoms with E-state index in [9.17, 15) is 0 Å². The van der Waals surface area contributed by atoms with Crippen molar-refractivity contribution in [1.82, 2.24) is 0 Å². The minimum Gasteiger partial charge on any atom is -0.160 e. The highest BCUT2D eigenvalue weighted by Gasteiger charge is 2.04. The van der Waals surface area contributed by atoms with Crippen molar-refractivity contribution >= 4 is 24.4 Å². The second-order valence-electron chi connectivity index (χ2n) is 3.44. The molecule has 0 aromatic heterocycles. The Bertz CT molecular complexity index is 267. The van der Waals surface area contributed by atoms with E-state index in [-0.39, 0.29) is 0 Å². The lowest BCUT2D eigenvalue weighted by molar-refractivity contribution is 0.833. The van der Waals surface area contributed by atoms with Crippen LogP contribution in [0.25, 0.3) is 0 Å². The Morgan fingerprint density at radius 1 is 1.23 bits per heavy atom. The van der Waals surface area contributed by atoms with Crippen molar-refractivity contribution in [3.8, 4) is 0 Å². The minimum atomic E-state index is -1.32. The molecule has 0 nitrogen and oxygen atoms in total. The second kappa shape index (κ2) is 5.25. The number of allylic oxidation sites excluding steroid dienone is 1. The van der Waals surface area contributed by atoms with Crippen LogP contribution in [0.15, 0.2) is 42.1 Å². The molecule has 13 heavy (non-hydrogen) atoms. The van der Waals surface area contributed by atoms with Gasteiger partial charge in [0, 0.05) is 0 Å². The van der Waals surface area contributed by atoms with Gasteiger partial charge >= 0.3 is 0 Å². The van der Waals surface area contributed by atoms with Crippen LogP contribution in [0, 0.1) is 5.92 Å². The van der Waals surface area contributed by atoms with Crippen molar-refractivity contribution in [3.63, 3.8) is 0 Å². The quantitative estimate of drug-likeness (QED) is 0.532. The average Bonchev–Trinajstić information content (AvgIpc) is 2.15. The van der Waals surface area contributed by atoms with E-state index in [0.29, 0.717) is 5.92 Å². The first-order valence-electron chi connectivity index (χ1n) is 4.57. The van der Waals surface area contributed by atoms with Crippen LogP contribution < -0.4 is 5.19 Å². The lowest BCUT2D eigenvalue weighted by Gasteiger charge is -2.02. The summed E-state index contributed by atoms with van der Waals surface area (Å²) >= 11 is 6.30. The van der Waals surface area contributed by atoms with E-state index >= 15 is 0 Å². The summed E-state index contributed by atoms with van der Waals surface area (Å²) in [5, 5.41) is 1.29. The zero-order valence-corrected chi connectivity index (χ0v) is 9.98. The molecule has 0 fully saturated rings. The first-order chi connectivity index (χ1) is 6.20. The number of benzene rings is 1. The molecular weight excluding hydrogens is 196 g/mol. The fraction of sp³-hybridized carbons (Fsp3) is 0.273. The fourth-order valence-corrected chi connectivity index (χ4v) is 3.21. The SMILES string of the molecule is CC(C)C=C[SiH](Cl)c1ccccc1. The molecule has 0 heterocycles. The summed E-state index contributed by atoms with van der Waals surface area (Å²) in [7, 11) is -1.32. The molecule has 1 aromatic carbocycles. The van der Waals surface area contributed by atoms with Crippen LogP contribution in [-0.2, 0) is 0 Å². The van der Waals surface area contributed by atoms with E-state index < -0.39 is 8.11 Å². The summed E-state index contributed by atoms with van der Waals surface area (Å²) in [6, 6.07) is 10.3. The predicted molar refractivity (Wildman–Crippen MR) is 63.1 cm³/mol. The fourth-order valence-electron chi connectivity index (χ4n) is 1.07. The van der Waals surface area contributed by atoms with Crippen LogP contribution in [0.3, 0.4) is 0 Å². The number of hydrogen-bond acceptors (Lipinski definition) is 0. The summed E-state index contributed by atoms with van der Waals surface area (Å²) in [6.07, 6.45) is 2.19. The van der Waals surface area contributed by atoms with E-state index in [1.54, 1.807) is 0 Å². The highest BCUT2D eigenvalue weighted by Crippen LogP contribution is 1.99. The first kappa shape index (κ1) is 10.5. The highest BCUT2D eigenvalue weighted by atomic mass is 35.6. The predicted octanol–water partition coefficient (Wildman–Crippen LogP) is 2.61. The average molecular weight is 211 g/mol. The van der Waals surface area contributed by atoms with Crippen molar-refractivity contribution in [3.05, 3.63) is 42.1 Å². The molecule has 70 valence electrons. The van der Waals surface area contributed by atoms with E-state index in [0.717, 1.165) is 0 Å². The highest BCUT2D eigenvalue weighted by molar-refractivity contribution is 7.17. The largest absolute Gasteiger partial charge is 0.194 e. The van der Waals surface area contributed by atoms with Gasteiger partial charge in [0.2, 0.25) is 0 Å². The van der Waals surface area contributed by atoms with Gasteiger partial charge in [-0.2, -0.15) is 11.1 Å². The zero-order valence-electron chi connectivity index (χ0n) is 8.07. The summed E-state index contributed by atoms with van der Waals surface area (Å²) in [5.41, 5.74) is 2.18. The third-order valence-corrected chi connectivity index (χ3v) is 4.56. The lowest BCUT2D eigenvalue weighted by Crippen LogP contribution is -2.21. The molecule has 2 heteroatoms. The molecule has 0 radical (unpaired) electrons. The summed E-state index contributed by atoms with van der Waals surface area (Å²) in [6.45, 7) is 4.33. The van der Waals surface area contributed by atoms with Gasteiger partial charge in [-0.3, -0.25) is 0 Å². The molecule has 0 amide bonds. The van der Waals surface area contributed by atoms with Crippen LogP contribution in [0.1, 0.15) is 13.8 Å². The van der Waals surface area contributed by atoms with Crippen molar-refractivity contribution in [2.75, 3.05) is 0 Å². The van der Waals surface area contributed by atoms with Crippen LogP contribution in [-0.4, -0.2) is 8.11 Å². The molecule has 0 aliphatic heterocycles. The molecule has 0 aliphatic rings. The van der Waals surface area contributed by atoms with E-state index in [2.05, 4.69) is 37.8 Å². The summed E-state index contributed by atoms with van der Waals surface area (Å²) < 4.78 is 0. The Labute approximate surface area is 86.6 Å². The van der Waals surface area contributed by atoms with Crippen LogP contribution in [0.2, 0.25) is 0 Å². The van der Waals surface area contributed by atoms with Gasteiger partial charge < -0.3 is 0 Å². The molecule has 1 aromatic rings. The Kier molecular flexibility index (Phi) is 4.26. The first-order valence-corrected chi connectivity index (χ1v) is 7.56. The second-order valence-corrected chi connectivity index (χ2v) is 6.71. The van der Waals surface area contributed by atoms with Gasteiger partial charge in [0.05, 0.1) is 0 Å². The maximum absolute atomic E-state index is 6.30. The van der Waals surface area contributed by atoms with Crippen molar-refractivity contribution in [1.29, 1.82) is 0 Å². The third kappa shape index (κ3) is 3.79. The van der Waals surface area contributed by atoms with Crippen LogP contribution in [0.4, 0.5) is 0 Å². The van der Waals surface area contributed by atoms with Gasteiger partial charge in [-0.1, -0.05) is 56.0 Å². The number of hydrogen-bond donors (Lipinski definition) is 0. The molecule has 1 unspecified atom stereocenters. The van der Waals surface area contributed by atoms with Crippen molar-refractivity contribution in [2.45, 2.75) is 13.8 Å². The molecular formula is C11H15ClSi. The molecule has 1 rings (SSSR count). The Balaban J connectivity index is 2.64. The van der Waals surface area contributed by atoms with Gasteiger partial charge in [-0.05, 0) is 11.1 Å². The Morgan fingerprint density at radius 3 is 2.38 bits per heavy atom. The summed E-state index contributed by atoms with van der Waals surface area (Å²) in [5.74, 6) is 0.595. The third-order valence-electron chi connectivity index (χ3n) is 1.78. The zero-order chi connectivity index (χ0) is 9.68. The normalized spacial score (nSPS) is 13.8. The standard InChI is InChI=1S/C11H15ClSi/c1-10(2)8-9-13(12)11-6-4-3-5-7-11/h3-10,13H,1-2H3. The van der Waals surface area contributed by atoms with Gasteiger partial charge in [-0.15, -0.1) is 0 Å². The van der Waals surface area contributed by atoms with Crippen molar-refractivity contribution < 1.29 is 0 Å². The Hall–Kier alpha value is -0.533. The number of halogens is 1. The topological polar surface area (TPSA) is 0 Å². The van der Waals surface area contributed by atoms with E-state index in [1.807, 2.05) is 18.2 Å².